The van der Waals surface area contributed by atoms with Gasteiger partial charge in [0.1, 0.15) is 5.75 Å². The van der Waals surface area contributed by atoms with Gasteiger partial charge in [0, 0.05) is 56.8 Å². The van der Waals surface area contributed by atoms with E-state index < -0.39 is 0 Å². The number of nitrogens with zero attached hydrogens (tertiary/aromatic N) is 3. The van der Waals surface area contributed by atoms with Gasteiger partial charge in [0.15, 0.2) is 0 Å². The first-order chi connectivity index (χ1) is 15.0. The van der Waals surface area contributed by atoms with Crippen LogP contribution in [-0.2, 0) is 4.79 Å². The Morgan fingerprint density at radius 3 is 2.48 bits per heavy atom. The third kappa shape index (κ3) is 6.82. The van der Waals surface area contributed by atoms with Crippen molar-refractivity contribution in [2.24, 2.45) is 5.92 Å². The summed E-state index contributed by atoms with van der Waals surface area (Å²) < 4.78 is 5.30. The average molecular weight is 451 g/mol. The average Bonchev–Trinajstić information content (AvgIpc) is 2.79. The fourth-order valence-electron chi connectivity index (χ4n) is 4.25. The second kappa shape index (κ2) is 11.7. The Balaban J connectivity index is 1.35. The molecule has 0 radical (unpaired) electrons. The normalized spacial score (nSPS) is 18.7. The number of likely N-dealkylation sites (tertiary alicyclic amines) is 1. The van der Waals surface area contributed by atoms with Crippen LogP contribution in [0.3, 0.4) is 0 Å². The van der Waals surface area contributed by atoms with Crippen molar-refractivity contribution in [2.45, 2.75) is 25.7 Å². The van der Waals surface area contributed by atoms with Crippen molar-refractivity contribution in [1.29, 1.82) is 0 Å². The van der Waals surface area contributed by atoms with Crippen LogP contribution in [0, 0.1) is 5.92 Å². The number of methoxy groups -OCH3 is 1. The first kappa shape index (κ1) is 23.8. The summed E-state index contributed by atoms with van der Waals surface area (Å²) >= 11 is 6.06. The molecule has 31 heavy (non-hydrogen) atoms. The van der Waals surface area contributed by atoms with Crippen molar-refractivity contribution in [1.82, 2.24) is 20.0 Å². The molecule has 0 aromatic heterocycles. The van der Waals surface area contributed by atoms with Gasteiger partial charge in [0.05, 0.1) is 12.7 Å². The van der Waals surface area contributed by atoms with Crippen molar-refractivity contribution < 1.29 is 14.3 Å². The van der Waals surface area contributed by atoms with Gasteiger partial charge >= 0.3 is 0 Å². The first-order valence-corrected chi connectivity index (χ1v) is 11.7. The molecule has 0 spiro atoms. The van der Waals surface area contributed by atoms with Gasteiger partial charge in [-0.2, -0.15) is 0 Å². The van der Waals surface area contributed by atoms with E-state index in [2.05, 4.69) is 22.2 Å². The molecule has 2 heterocycles. The molecule has 0 unspecified atom stereocenters. The predicted molar refractivity (Wildman–Crippen MR) is 123 cm³/mol. The number of amides is 2. The number of halogens is 1. The second-order valence-electron chi connectivity index (χ2n) is 8.55. The van der Waals surface area contributed by atoms with Crippen LogP contribution < -0.4 is 10.1 Å². The zero-order chi connectivity index (χ0) is 22.2. The fraction of sp³-hybridized carbons (Fsp3) is 0.652. The third-order valence-corrected chi connectivity index (χ3v) is 6.58. The number of ether oxygens (including phenoxy) is 1. The lowest BCUT2D eigenvalue weighted by Crippen LogP contribution is -2.45. The molecular weight excluding hydrogens is 416 g/mol. The van der Waals surface area contributed by atoms with E-state index >= 15 is 0 Å². The summed E-state index contributed by atoms with van der Waals surface area (Å²) in [7, 11) is 3.71. The molecule has 2 aliphatic heterocycles. The number of likely N-dealkylation sites (N-methyl/N-ethyl adjacent to an activating group) is 1. The van der Waals surface area contributed by atoms with E-state index in [1.54, 1.807) is 30.2 Å². The Hall–Kier alpha value is -1.83. The minimum absolute atomic E-state index is 0.0251. The monoisotopic (exact) mass is 450 g/mol. The van der Waals surface area contributed by atoms with Gasteiger partial charge in [-0.3, -0.25) is 9.59 Å². The molecule has 0 aliphatic carbocycles. The summed E-state index contributed by atoms with van der Waals surface area (Å²) in [4.78, 5) is 32.1. The Kier molecular flexibility index (Phi) is 8.99. The van der Waals surface area contributed by atoms with Crippen molar-refractivity contribution >= 4 is 23.4 Å². The number of rotatable bonds is 8. The maximum absolute atomic E-state index is 12.9. The van der Waals surface area contributed by atoms with Crippen molar-refractivity contribution in [3.63, 3.8) is 0 Å². The van der Waals surface area contributed by atoms with E-state index in [1.807, 2.05) is 0 Å². The minimum Gasteiger partial charge on any atom is -0.496 e. The second-order valence-corrected chi connectivity index (χ2v) is 8.99. The zero-order valence-electron chi connectivity index (χ0n) is 18.7. The van der Waals surface area contributed by atoms with Crippen molar-refractivity contribution in [3.05, 3.63) is 28.8 Å². The lowest BCUT2D eigenvalue weighted by atomic mass is 9.95. The van der Waals surface area contributed by atoms with Gasteiger partial charge in [0.25, 0.3) is 5.91 Å². The standard InChI is InChI=1S/C23H35ClN4O3/c1-26-13-15-27(16-14-26)10-4-3-9-25-22(29)18-7-11-28(12-8-18)23(30)20-17-19(24)5-6-21(20)31-2/h5-6,17-18H,3-4,7-16H2,1-2H3,(H,25,29). The van der Waals surface area contributed by atoms with E-state index in [-0.39, 0.29) is 17.7 Å². The van der Waals surface area contributed by atoms with E-state index in [0.29, 0.717) is 42.3 Å². The van der Waals surface area contributed by atoms with E-state index in [4.69, 9.17) is 16.3 Å². The highest BCUT2D eigenvalue weighted by Gasteiger charge is 2.29. The lowest BCUT2D eigenvalue weighted by Gasteiger charge is -2.32. The SMILES string of the molecule is COc1ccc(Cl)cc1C(=O)N1CCC(C(=O)NCCCCN2CCN(C)CC2)CC1. The topological polar surface area (TPSA) is 65.1 Å². The van der Waals surface area contributed by atoms with Crippen LogP contribution in [0.5, 0.6) is 5.75 Å². The quantitative estimate of drug-likeness (QED) is 0.616. The van der Waals surface area contributed by atoms with Gasteiger partial charge < -0.3 is 24.8 Å². The van der Waals surface area contributed by atoms with Gasteiger partial charge in [0.2, 0.25) is 5.91 Å². The van der Waals surface area contributed by atoms with Gasteiger partial charge in [-0.15, -0.1) is 0 Å². The smallest absolute Gasteiger partial charge is 0.257 e. The molecule has 1 aromatic carbocycles. The molecule has 2 fully saturated rings. The Morgan fingerprint density at radius 2 is 1.81 bits per heavy atom. The van der Waals surface area contributed by atoms with Crippen LogP contribution in [0.2, 0.25) is 5.02 Å². The number of carbonyl (C=O) groups is 2. The van der Waals surface area contributed by atoms with E-state index in [1.165, 1.54) is 0 Å². The molecule has 0 atom stereocenters. The van der Waals surface area contributed by atoms with Crippen LogP contribution in [0.15, 0.2) is 18.2 Å². The molecule has 8 heteroatoms. The maximum Gasteiger partial charge on any atom is 0.257 e. The molecule has 2 amide bonds. The Bertz CT molecular complexity index is 744. The molecule has 172 valence electrons. The number of unbranched alkanes of at least 4 members (excludes halogenated alkanes) is 1. The molecule has 7 nitrogen and oxygen atoms in total. The summed E-state index contributed by atoms with van der Waals surface area (Å²) in [6.07, 6.45) is 3.48. The number of benzene rings is 1. The van der Waals surface area contributed by atoms with Gasteiger partial charge in [-0.25, -0.2) is 0 Å². The number of nitrogens with one attached hydrogen (secondary N) is 1. The predicted octanol–water partition coefficient (Wildman–Crippen LogP) is 2.34. The highest BCUT2D eigenvalue weighted by atomic mass is 35.5. The molecule has 1 N–H and O–H groups in total. The lowest BCUT2D eigenvalue weighted by molar-refractivity contribution is -0.126. The maximum atomic E-state index is 12.9. The molecule has 2 aliphatic rings. The third-order valence-electron chi connectivity index (χ3n) is 6.34. The molecule has 2 saturated heterocycles. The largest absolute Gasteiger partial charge is 0.496 e. The summed E-state index contributed by atoms with van der Waals surface area (Å²) in [6.45, 7) is 7.53. The number of piperidine rings is 1. The molecule has 0 saturated carbocycles. The molecule has 1 aromatic rings. The van der Waals surface area contributed by atoms with Crippen molar-refractivity contribution in [3.8, 4) is 5.75 Å². The molecule has 0 bridgehead atoms. The number of hydrogen-bond acceptors (Lipinski definition) is 5. The van der Waals surface area contributed by atoms with Gasteiger partial charge in [-0.05, 0) is 57.5 Å². The van der Waals surface area contributed by atoms with Crippen molar-refractivity contribution in [2.75, 3.05) is 66.5 Å². The number of hydrogen-bond donors (Lipinski definition) is 1. The van der Waals surface area contributed by atoms with E-state index in [0.717, 1.165) is 52.1 Å². The Labute approximate surface area is 190 Å². The summed E-state index contributed by atoms with van der Waals surface area (Å²) in [5.74, 6) is 0.517. The first-order valence-electron chi connectivity index (χ1n) is 11.3. The minimum atomic E-state index is -0.0953. The van der Waals surface area contributed by atoms with Crippen LogP contribution in [0.1, 0.15) is 36.0 Å². The molecular formula is C23H35ClN4O3. The van der Waals surface area contributed by atoms with Gasteiger partial charge in [-0.1, -0.05) is 11.6 Å². The Morgan fingerprint density at radius 1 is 1.10 bits per heavy atom. The highest BCUT2D eigenvalue weighted by molar-refractivity contribution is 6.31. The summed E-state index contributed by atoms with van der Waals surface area (Å²) in [5.41, 5.74) is 0.471. The number of carbonyl (C=O) groups excluding carboxylic acids is 2. The van der Waals surface area contributed by atoms with Crippen LogP contribution in [-0.4, -0.2) is 93.0 Å². The number of piperazine rings is 1. The highest BCUT2D eigenvalue weighted by Crippen LogP contribution is 2.26. The molecule has 3 rings (SSSR count). The fourth-order valence-corrected chi connectivity index (χ4v) is 4.42. The van der Waals surface area contributed by atoms with Crippen LogP contribution in [0.25, 0.3) is 0 Å². The summed E-state index contributed by atoms with van der Waals surface area (Å²) in [6, 6.07) is 5.06. The van der Waals surface area contributed by atoms with E-state index in [9.17, 15) is 9.59 Å². The van der Waals surface area contributed by atoms with Crippen LogP contribution >= 0.6 is 11.6 Å². The zero-order valence-corrected chi connectivity index (χ0v) is 19.5. The summed E-state index contributed by atoms with van der Waals surface area (Å²) in [5, 5.41) is 3.60. The van der Waals surface area contributed by atoms with Crippen LogP contribution in [0.4, 0.5) is 0 Å².